The number of hydrogen-bond donors (Lipinski definition) is 3. The van der Waals surface area contributed by atoms with E-state index in [4.69, 9.17) is 10.8 Å². The van der Waals surface area contributed by atoms with E-state index in [1.165, 1.54) is 12.4 Å². The monoisotopic (exact) mass is 418 g/mol. The third-order valence-electron chi connectivity index (χ3n) is 5.39. The van der Waals surface area contributed by atoms with Crippen molar-refractivity contribution in [3.63, 3.8) is 0 Å². The number of amides is 2. The molecular formula is C24H28N5O2+. The first-order valence-electron chi connectivity index (χ1n) is 10.3. The van der Waals surface area contributed by atoms with E-state index in [9.17, 15) is 9.59 Å². The molecule has 0 unspecified atom stereocenters. The summed E-state index contributed by atoms with van der Waals surface area (Å²) in [5, 5.41) is 15.8. The number of nitrogens with two attached hydrogens (primary N) is 1. The molecule has 7 nitrogen and oxygen atoms in total. The predicted molar refractivity (Wildman–Crippen MR) is 123 cm³/mol. The van der Waals surface area contributed by atoms with Crippen molar-refractivity contribution in [1.29, 1.82) is 5.41 Å². The van der Waals surface area contributed by atoms with Crippen LogP contribution in [0.25, 0.3) is 5.57 Å². The second kappa shape index (κ2) is 10.3. The SMILES string of the molecule is CC(=O)N1CCN(c2ccc(C(=O)NCc3ccc(/C(C=N)=C/C=[NH2+])cc3)cc2)CC1. The number of nitrogens with zero attached hydrogens (tertiary/aromatic N) is 2. The number of anilines is 1. The highest BCUT2D eigenvalue weighted by atomic mass is 16.2. The van der Waals surface area contributed by atoms with Crippen molar-refractivity contribution in [2.75, 3.05) is 31.1 Å². The standard InChI is InChI=1S/C24H27N5O2/c1-18(30)28-12-14-29(15-13-28)23-8-6-21(7-9-23)24(31)27-17-19-2-4-20(5-3-19)22(16-26)10-11-25/h2-11,16,25-26H,12-15,17H2,1H3,(H,27,31)/p+1/b22-10+,25-11?,26-16?. The zero-order chi connectivity index (χ0) is 22.2. The molecule has 2 aromatic carbocycles. The van der Waals surface area contributed by atoms with Crippen LogP contribution in [-0.4, -0.2) is 55.3 Å². The number of hydrogen-bond acceptors (Lipinski definition) is 4. The van der Waals surface area contributed by atoms with Gasteiger partial charge in [0.25, 0.3) is 5.91 Å². The topological polar surface area (TPSA) is 102 Å². The molecule has 1 saturated heterocycles. The smallest absolute Gasteiger partial charge is 0.251 e. The molecule has 31 heavy (non-hydrogen) atoms. The Bertz CT molecular complexity index is 972. The van der Waals surface area contributed by atoms with Crippen LogP contribution in [0.15, 0.2) is 54.6 Å². The molecule has 1 heterocycles. The maximum Gasteiger partial charge on any atom is 0.251 e. The van der Waals surface area contributed by atoms with E-state index >= 15 is 0 Å². The number of carbonyl (C=O) groups excluding carboxylic acids is 2. The van der Waals surface area contributed by atoms with Gasteiger partial charge in [0.15, 0.2) is 6.21 Å². The lowest BCUT2D eigenvalue weighted by atomic mass is 10.0. The number of carbonyl (C=O) groups is 2. The quantitative estimate of drug-likeness (QED) is 0.588. The largest absolute Gasteiger partial charge is 0.368 e. The Balaban J connectivity index is 1.54. The summed E-state index contributed by atoms with van der Waals surface area (Å²) >= 11 is 0. The van der Waals surface area contributed by atoms with E-state index in [0.29, 0.717) is 12.1 Å². The number of benzene rings is 2. The van der Waals surface area contributed by atoms with Crippen molar-refractivity contribution in [3.05, 3.63) is 71.3 Å². The zero-order valence-corrected chi connectivity index (χ0v) is 17.7. The van der Waals surface area contributed by atoms with Crippen LogP contribution in [-0.2, 0) is 11.3 Å². The van der Waals surface area contributed by atoms with Crippen LogP contribution in [0.3, 0.4) is 0 Å². The van der Waals surface area contributed by atoms with Gasteiger partial charge in [0.05, 0.1) is 0 Å². The highest BCUT2D eigenvalue weighted by molar-refractivity contribution is 6.11. The van der Waals surface area contributed by atoms with Gasteiger partial charge in [0.1, 0.15) is 0 Å². The van der Waals surface area contributed by atoms with Crippen LogP contribution in [0.1, 0.15) is 28.4 Å². The number of rotatable bonds is 7. The summed E-state index contributed by atoms with van der Waals surface area (Å²) in [4.78, 5) is 28.0. The van der Waals surface area contributed by atoms with Crippen molar-refractivity contribution in [1.82, 2.24) is 10.2 Å². The molecule has 160 valence electrons. The number of allylic oxidation sites excluding steroid dienone is 2. The van der Waals surface area contributed by atoms with Crippen LogP contribution in [0.5, 0.6) is 0 Å². The van der Waals surface area contributed by atoms with E-state index in [1.54, 1.807) is 13.0 Å². The Morgan fingerprint density at radius 3 is 2.16 bits per heavy atom. The molecule has 2 amide bonds. The lowest BCUT2D eigenvalue weighted by Crippen LogP contribution is -2.48. The molecule has 3 rings (SSSR count). The Morgan fingerprint density at radius 2 is 1.61 bits per heavy atom. The minimum atomic E-state index is -0.130. The fraction of sp³-hybridized carbons (Fsp3) is 0.250. The minimum absolute atomic E-state index is 0.113. The lowest BCUT2D eigenvalue weighted by molar-refractivity contribution is -0.129. The average molecular weight is 419 g/mol. The van der Waals surface area contributed by atoms with Crippen molar-refractivity contribution < 1.29 is 15.0 Å². The molecule has 0 bridgehead atoms. The van der Waals surface area contributed by atoms with E-state index in [0.717, 1.165) is 48.6 Å². The van der Waals surface area contributed by atoms with Crippen LogP contribution in [0.2, 0.25) is 0 Å². The van der Waals surface area contributed by atoms with Gasteiger partial charge in [-0.15, -0.1) is 0 Å². The molecule has 1 aliphatic heterocycles. The molecule has 0 aliphatic carbocycles. The van der Waals surface area contributed by atoms with Crippen LogP contribution >= 0.6 is 0 Å². The second-order valence-electron chi connectivity index (χ2n) is 7.38. The van der Waals surface area contributed by atoms with Gasteiger partial charge in [-0.05, 0) is 35.4 Å². The van der Waals surface area contributed by atoms with Gasteiger partial charge in [-0.1, -0.05) is 24.3 Å². The van der Waals surface area contributed by atoms with Gasteiger partial charge < -0.3 is 20.5 Å². The van der Waals surface area contributed by atoms with Crippen molar-refractivity contribution in [2.24, 2.45) is 0 Å². The summed E-state index contributed by atoms with van der Waals surface area (Å²) in [5.41, 5.74) is 4.25. The van der Waals surface area contributed by atoms with Crippen LogP contribution in [0, 0.1) is 5.41 Å². The summed E-state index contributed by atoms with van der Waals surface area (Å²) in [5.74, 6) is -0.0168. The summed E-state index contributed by atoms with van der Waals surface area (Å²) in [6, 6.07) is 15.2. The van der Waals surface area contributed by atoms with E-state index in [-0.39, 0.29) is 11.8 Å². The normalized spacial score (nSPS) is 14.2. The molecule has 0 aromatic heterocycles. The van der Waals surface area contributed by atoms with Crippen molar-refractivity contribution in [2.45, 2.75) is 13.5 Å². The Kier molecular flexibility index (Phi) is 7.32. The number of nitrogens with one attached hydrogen (secondary N) is 2. The van der Waals surface area contributed by atoms with Crippen LogP contribution < -0.4 is 15.6 Å². The first kappa shape index (κ1) is 22.0. The van der Waals surface area contributed by atoms with E-state index < -0.39 is 0 Å². The first-order chi connectivity index (χ1) is 15.0. The Hall–Kier alpha value is -3.74. The second-order valence-corrected chi connectivity index (χ2v) is 7.38. The van der Waals surface area contributed by atoms with Gasteiger partial charge in [-0.3, -0.25) is 15.0 Å². The third-order valence-corrected chi connectivity index (χ3v) is 5.39. The molecule has 1 aliphatic rings. The van der Waals surface area contributed by atoms with Crippen LogP contribution in [0.4, 0.5) is 5.69 Å². The van der Waals surface area contributed by atoms with Crippen molar-refractivity contribution >= 4 is 35.5 Å². The molecule has 4 N–H and O–H groups in total. The Labute approximate surface area is 182 Å². The summed E-state index contributed by atoms with van der Waals surface area (Å²) in [6.07, 6.45) is 4.34. The van der Waals surface area contributed by atoms with E-state index in [1.807, 2.05) is 53.4 Å². The summed E-state index contributed by atoms with van der Waals surface area (Å²) in [7, 11) is 0. The molecule has 0 saturated carbocycles. The highest BCUT2D eigenvalue weighted by Crippen LogP contribution is 2.18. The average Bonchev–Trinajstić information content (AvgIpc) is 2.81. The molecular weight excluding hydrogens is 390 g/mol. The number of piperazine rings is 1. The van der Waals surface area contributed by atoms with Gasteiger partial charge in [-0.2, -0.15) is 0 Å². The highest BCUT2D eigenvalue weighted by Gasteiger charge is 2.19. The molecule has 1 fully saturated rings. The molecule has 7 heteroatoms. The molecule has 2 aromatic rings. The van der Waals surface area contributed by atoms with Gasteiger partial charge in [-0.25, -0.2) is 0 Å². The molecule has 0 atom stereocenters. The zero-order valence-electron chi connectivity index (χ0n) is 17.7. The third kappa shape index (κ3) is 5.66. The van der Waals surface area contributed by atoms with Gasteiger partial charge in [0.2, 0.25) is 5.91 Å². The lowest BCUT2D eigenvalue weighted by Gasteiger charge is -2.35. The van der Waals surface area contributed by atoms with Gasteiger partial charge in [0, 0.05) is 68.8 Å². The summed E-state index contributed by atoms with van der Waals surface area (Å²) in [6.45, 7) is 5.04. The maximum absolute atomic E-state index is 12.5. The maximum atomic E-state index is 12.5. The fourth-order valence-corrected chi connectivity index (χ4v) is 3.53. The van der Waals surface area contributed by atoms with Gasteiger partial charge >= 0.3 is 0 Å². The molecule has 0 radical (unpaired) electrons. The van der Waals surface area contributed by atoms with Crippen molar-refractivity contribution in [3.8, 4) is 0 Å². The van der Waals surface area contributed by atoms with E-state index in [2.05, 4.69) is 10.2 Å². The summed E-state index contributed by atoms with van der Waals surface area (Å²) < 4.78 is 0. The minimum Gasteiger partial charge on any atom is -0.368 e. The molecule has 0 spiro atoms. The first-order valence-corrected chi connectivity index (χ1v) is 10.3. The Morgan fingerprint density at radius 1 is 1.00 bits per heavy atom. The fourth-order valence-electron chi connectivity index (χ4n) is 3.53. The predicted octanol–water partition coefficient (Wildman–Crippen LogP) is 1.15.